The molecule has 0 unspecified atom stereocenters. The van der Waals surface area contributed by atoms with E-state index in [1.807, 2.05) is 162 Å². The van der Waals surface area contributed by atoms with Gasteiger partial charge in [-0.1, -0.05) is 0 Å². The number of aromatic nitrogens is 19. The van der Waals surface area contributed by atoms with E-state index >= 15 is 0 Å². The first kappa shape index (κ1) is 75.8. The van der Waals surface area contributed by atoms with Crippen molar-refractivity contribution < 1.29 is 0 Å². The highest BCUT2D eigenvalue weighted by atomic mass is 16.1. The zero-order valence-corrected chi connectivity index (χ0v) is 68.7. The van der Waals surface area contributed by atoms with Crippen LogP contribution in [-0.2, 0) is 0 Å². The van der Waals surface area contributed by atoms with Crippen molar-refractivity contribution in [2.24, 2.45) is 11.8 Å². The lowest BCUT2D eigenvalue weighted by atomic mass is 10.0. The summed E-state index contributed by atoms with van der Waals surface area (Å²) in [5, 5.41) is 13.8. The Balaban J connectivity index is 0.000000102. The van der Waals surface area contributed by atoms with Crippen molar-refractivity contribution in [3.8, 4) is 45.4 Å². The first-order valence-electron chi connectivity index (χ1n) is 41.7. The molecule has 0 spiro atoms. The highest BCUT2D eigenvalue weighted by Gasteiger charge is 2.39. The van der Waals surface area contributed by atoms with Gasteiger partial charge < -0.3 is 33.8 Å². The van der Waals surface area contributed by atoms with Crippen LogP contribution in [0.4, 0.5) is 22.7 Å². The average molecular weight is 1610 g/mol. The third-order valence-corrected chi connectivity index (χ3v) is 25.0. The molecule has 16 aromatic heterocycles. The molecule has 16 aromatic rings. The first-order chi connectivity index (χ1) is 58.2. The average Bonchev–Trinajstić information content (AvgIpc) is 1.35. The number of fused-ring (bicyclic) bond motifs is 11. The number of aryl methyl sites for hydroxylation is 6. The summed E-state index contributed by atoms with van der Waals surface area (Å²) < 4.78 is 13.8. The predicted molar refractivity (Wildman–Crippen MR) is 464 cm³/mol. The second kappa shape index (κ2) is 30.8. The van der Waals surface area contributed by atoms with E-state index in [9.17, 15) is 19.2 Å². The fourth-order valence-electron chi connectivity index (χ4n) is 18.8. The molecule has 0 amide bonds. The van der Waals surface area contributed by atoms with Crippen molar-refractivity contribution >= 4 is 67.8 Å². The molecule has 7 aliphatic heterocycles. The van der Waals surface area contributed by atoms with E-state index in [1.165, 1.54) is 38.8 Å². The topological polar surface area (TPSA) is 271 Å². The predicted octanol–water partition coefficient (Wildman–Crippen LogP) is 8.39. The minimum atomic E-state index is -0.0972. The largest absolute Gasteiger partial charge is 0.370 e. The zero-order valence-electron chi connectivity index (χ0n) is 68.7. The van der Waals surface area contributed by atoms with Gasteiger partial charge in [0.2, 0.25) is 0 Å². The monoisotopic (exact) mass is 1610 g/mol. The van der Waals surface area contributed by atoms with Gasteiger partial charge in [0.1, 0.15) is 45.3 Å². The number of piperazine rings is 3. The summed E-state index contributed by atoms with van der Waals surface area (Å²) in [4.78, 5) is 108. The summed E-state index contributed by atoms with van der Waals surface area (Å²) in [6, 6.07) is 35.1. The number of pyridine rings is 5. The summed E-state index contributed by atoms with van der Waals surface area (Å²) in [5.41, 5.74) is 20.8. The maximum atomic E-state index is 13.0. The van der Waals surface area contributed by atoms with Gasteiger partial charge in [0.15, 0.2) is 11.3 Å². The van der Waals surface area contributed by atoms with Crippen LogP contribution in [0.5, 0.6) is 0 Å². The fraction of sp³-hybridized carbons (Fsp3) is 0.360. The number of anilines is 4. The van der Waals surface area contributed by atoms with Gasteiger partial charge in [-0.3, -0.25) is 51.6 Å². The lowest BCUT2D eigenvalue weighted by Crippen LogP contribution is -2.50. The number of likely N-dealkylation sites (N-methyl/N-ethyl adjacent to an activating group) is 1. The number of nitrogens with zero attached hydrogens (tertiary/aromatic N) is 27. The Kier molecular flexibility index (Phi) is 19.4. The van der Waals surface area contributed by atoms with Gasteiger partial charge in [-0.2, -0.15) is 15.3 Å². The number of hydrogen-bond acceptors (Lipinski definition) is 23. The molecule has 610 valence electrons. The third-order valence-electron chi connectivity index (χ3n) is 25.0. The van der Waals surface area contributed by atoms with E-state index in [1.54, 1.807) is 55.4 Å². The molecule has 120 heavy (non-hydrogen) atoms. The van der Waals surface area contributed by atoms with Gasteiger partial charge >= 0.3 is 0 Å². The van der Waals surface area contributed by atoms with Gasteiger partial charge in [0, 0.05) is 171 Å². The molecular weight excluding hydrogens is 1510 g/mol. The SMILES string of the molecule is Cc1cn2cc(-c3cc(=O)n4cc(N5CCN(C)CC5)ccc4n3)ccc2n1.Cc1cn2nc(-c3cc(=O)n4cc(N5CCN6CCC[C@@H]6C5)ccc4n3)ccc2n1.Cc1cn2nc(-c3cc(=O)n4cc(N5CCN6CCC[C@H]6C5)ccc4n3)cc(C)c2n1.Cc1cn2nc(-c3cc(=O)n4cc(N5C[C@H]6CN(C)C[C@H]6C5)ccc4n3)cc2c(C)n1. The Morgan fingerprint density at radius 2 is 0.758 bits per heavy atom. The van der Waals surface area contributed by atoms with E-state index in [0.717, 1.165) is 188 Å². The summed E-state index contributed by atoms with van der Waals surface area (Å²) in [7, 11) is 4.33. The van der Waals surface area contributed by atoms with E-state index in [0.29, 0.717) is 74.5 Å². The molecule has 7 aliphatic rings. The van der Waals surface area contributed by atoms with Gasteiger partial charge in [0.25, 0.3) is 22.2 Å². The summed E-state index contributed by atoms with van der Waals surface area (Å²) in [5.74, 6) is 1.43. The van der Waals surface area contributed by atoms with Gasteiger partial charge in [-0.15, -0.1) is 0 Å². The van der Waals surface area contributed by atoms with Crippen LogP contribution < -0.4 is 41.8 Å². The molecule has 0 aliphatic carbocycles. The van der Waals surface area contributed by atoms with Crippen LogP contribution in [0.3, 0.4) is 0 Å². The van der Waals surface area contributed by atoms with E-state index in [2.05, 4.69) is 113 Å². The van der Waals surface area contributed by atoms with E-state index in [-0.39, 0.29) is 22.2 Å². The van der Waals surface area contributed by atoms with Crippen LogP contribution in [-0.4, -0.2) is 241 Å². The molecule has 0 bridgehead atoms. The minimum absolute atomic E-state index is 0.0714. The van der Waals surface area contributed by atoms with Crippen molar-refractivity contribution in [3.63, 3.8) is 0 Å². The lowest BCUT2D eigenvalue weighted by molar-refractivity contribution is 0.231. The van der Waals surface area contributed by atoms with Gasteiger partial charge in [-0.25, -0.2) is 48.4 Å². The van der Waals surface area contributed by atoms with E-state index in [4.69, 9.17) is 19.9 Å². The number of imidazole rings is 3. The Morgan fingerprint density at radius 1 is 0.317 bits per heavy atom. The molecule has 23 heterocycles. The number of hydrogen-bond donors (Lipinski definition) is 0. The van der Waals surface area contributed by atoms with Crippen molar-refractivity contribution in [3.05, 3.63) is 240 Å². The van der Waals surface area contributed by atoms with E-state index < -0.39 is 0 Å². The Bertz CT molecular complexity index is 6950. The van der Waals surface area contributed by atoms with Crippen LogP contribution in [0, 0.1) is 53.4 Å². The van der Waals surface area contributed by atoms with Crippen LogP contribution in [0.2, 0.25) is 0 Å². The standard InChI is InChI=1S/2C23H25N7O.C22H23N7O.C21H22N6O/c1-14-8-30-21(15(2)24-14)6-20(26-30)19-7-23(31)29-13-18(4-5-22(29)25-19)28-11-16-9-27(3)10-17(16)12-28;1-15-10-20(26-30-12-16(2)24-23(15)30)19-11-22(31)29-14-18(5-6-21(29)25-19)28-9-8-27-7-3-4-17(27)13-28;1-15-12-29-21(23-15)7-5-18(25-29)19-11-22(30)28-14-17(4-6-20(28)24-19)27-10-9-26-8-2-3-16(26)13-27;1-15-12-26-13-16(3-5-19(26)22-15)18-11-21(28)27-14-17(4-6-20(27)23-18)25-9-7-24(2)8-10-25/h4-8,13,16-17H,9-12H2,1-3H3;5-6,10-12,14,17H,3-4,7-9,13H2,1-2H3;4-7,11-12,14,16H,2-3,8-10,13H2,1H3;3-6,11-14H,7-10H2,1-2H3/t16-,17+;17-;16-;/m.01./s1. The van der Waals surface area contributed by atoms with Gasteiger partial charge in [0.05, 0.1) is 98.1 Å². The number of rotatable bonds is 8. The molecule has 31 heteroatoms. The molecule has 4 atom stereocenters. The first-order valence-corrected chi connectivity index (χ1v) is 41.7. The molecule has 0 saturated carbocycles. The lowest BCUT2D eigenvalue weighted by Gasteiger charge is -2.38. The van der Waals surface area contributed by atoms with Crippen molar-refractivity contribution in [1.29, 1.82) is 0 Å². The molecule has 7 saturated heterocycles. The van der Waals surface area contributed by atoms with Crippen LogP contribution in [0.25, 0.3) is 90.5 Å². The molecule has 7 fully saturated rings. The Labute approximate surface area is 690 Å². The highest BCUT2D eigenvalue weighted by molar-refractivity contribution is 5.69. The Hall–Kier alpha value is -13.0. The van der Waals surface area contributed by atoms with Crippen LogP contribution in [0.1, 0.15) is 59.7 Å². The maximum Gasteiger partial charge on any atom is 0.258 e. The normalized spacial score (nSPS) is 19.1. The maximum absolute atomic E-state index is 13.0. The Morgan fingerprint density at radius 3 is 1.34 bits per heavy atom. The molecule has 31 nitrogen and oxygen atoms in total. The molecule has 0 aromatic carbocycles. The van der Waals surface area contributed by atoms with Crippen molar-refractivity contribution in [2.75, 3.05) is 138 Å². The number of likely N-dealkylation sites (tertiary alicyclic amines) is 1. The summed E-state index contributed by atoms with van der Waals surface area (Å²) in [6.07, 6.45) is 22.4. The molecule has 0 radical (unpaired) electrons. The molecular formula is C89H95N27O4. The van der Waals surface area contributed by atoms with Crippen molar-refractivity contribution in [1.82, 2.24) is 110 Å². The second-order valence-corrected chi connectivity index (χ2v) is 33.5. The molecule has 23 rings (SSSR count). The minimum Gasteiger partial charge on any atom is -0.370 e. The second-order valence-electron chi connectivity index (χ2n) is 33.5. The smallest absolute Gasteiger partial charge is 0.258 e. The zero-order chi connectivity index (χ0) is 81.9. The van der Waals surface area contributed by atoms with Crippen LogP contribution in [0.15, 0.2) is 184 Å². The van der Waals surface area contributed by atoms with Crippen LogP contribution >= 0.6 is 0 Å². The summed E-state index contributed by atoms with van der Waals surface area (Å²) >= 11 is 0. The summed E-state index contributed by atoms with van der Waals surface area (Å²) in [6.45, 7) is 28.8. The van der Waals surface area contributed by atoms with Crippen molar-refractivity contribution in [2.45, 2.75) is 79.3 Å². The third kappa shape index (κ3) is 14.8. The highest BCUT2D eigenvalue weighted by Crippen LogP contribution is 2.35. The fourth-order valence-corrected chi connectivity index (χ4v) is 18.8. The quantitative estimate of drug-likeness (QED) is 0.138. The molecule has 0 N–H and O–H groups in total. The van der Waals surface area contributed by atoms with Gasteiger partial charge in [-0.05, 0) is 197 Å².